The zero-order valence-electron chi connectivity index (χ0n) is 9.42. The summed E-state index contributed by atoms with van der Waals surface area (Å²) in [6.45, 7) is 0.790. The standard InChI is InChI=1S/C13H14BrClN2/c14-11-6-9(4-5-12(11)15)8-17-13-3-1-2-10(13)7-16/h4-6,10,13,17H,1-3,8H2. The molecule has 2 atom stereocenters. The van der Waals surface area contributed by atoms with Crippen LogP contribution in [0.1, 0.15) is 24.8 Å². The molecule has 0 saturated heterocycles. The molecule has 1 fully saturated rings. The van der Waals surface area contributed by atoms with E-state index in [2.05, 4.69) is 27.3 Å². The van der Waals surface area contributed by atoms with Gasteiger partial charge in [-0.2, -0.15) is 5.26 Å². The first-order valence-electron chi connectivity index (χ1n) is 5.77. The van der Waals surface area contributed by atoms with E-state index in [9.17, 15) is 0 Å². The molecule has 1 saturated carbocycles. The highest BCUT2D eigenvalue weighted by molar-refractivity contribution is 9.10. The second kappa shape index (κ2) is 5.86. The van der Waals surface area contributed by atoms with Gasteiger partial charge in [0, 0.05) is 17.1 Å². The van der Waals surface area contributed by atoms with E-state index >= 15 is 0 Å². The normalized spacial score (nSPS) is 23.6. The van der Waals surface area contributed by atoms with Crippen LogP contribution >= 0.6 is 27.5 Å². The largest absolute Gasteiger partial charge is 0.309 e. The van der Waals surface area contributed by atoms with Crippen LogP contribution in [0.25, 0.3) is 0 Å². The van der Waals surface area contributed by atoms with Gasteiger partial charge in [-0.1, -0.05) is 24.1 Å². The van der Waals surface area contributed by atoms with Crippen molar-refractivity contribution >= 4 is 27.5 Å². The monoisotopic (exact) mass is 312 g/mol. The quantitative estimate of drug-likeness (QED) is 0.919. The van der Waals surface area contributed by atoms with E-state index in [1.807, 2.05) is 18.2 Å². The molecule has 2 nitrogen and oxygen atoms in total. The molecule has 2 unspecified atom stereocenters. The third-order valence-corrected chi connectivity index (χ3v) is 4.45. The lowest BCUT2D eigenvalue weighted by Gasteiger charge is -2.15. The molecule has 2 rings (SSSR count). The van der Waals surface area contributed by atoms with Gasteiger partial charge in [0.05, 0.1) is 17.0 Å². The third kappa shape index (κ3) is 3.22. The number of halogens is 2. The molecule has 0 spiro atoms. The average molecular weight is 314 g/mol. The van der Waals surface area contributed by atoms with Gasteiger partial charge in [0.15, 0.2) is 0 Å². The van der Waals surface area contributed by atoms with Crippen LogP contribution in [0.2, 0.25) is 5.02 Å². The molecule has 1 aliphatic carbocycles. The Balaban J connectivity index is 1.93. The first-order chi connectivity index (χ1) is 8.20. The van der Waals surface area contributed by atoms with Gasteiger partial charge in [-0.05, 0) is 46.5 Å². The molecule has 1 N–H and O–H groups in total. The van der Waals surface area contributed by atoms with E-state index < -0.39 is 0 Å². The van der Waals surface area contributed by atoms with E-state index in [0.29, 0.717) is 6.04 Å². The molecule has 1 aliphatic rings. The first kappa shape index (κ1) is 12.9. The van der Waals surface area contributed by atoms with Crippen molar-refractivity contribution < 1.29 is 0 Å². The molecule has 17 heavy (non-hydrogen) atoms. The molecule has 1 aromatic rings. The van der Waals surface area contributed by atoms with Crippen molar-refractivity contribution in [2.45, 2.75) is 31.8 Å². The van der Waals surface area contributed by atoms with E-state index in [-0.39, 0.29) is 5.92 Å². The minimum Gasteiger partial charge on any atom is -0.309 e. The molecule has 0 aromatic heterocycles. The predicted molar refractivity (Wildman–Crippen MR) is 72.7 cm³/mol. The first-order valence-corrected chi connectivity index (χ1v) is 6.94. The van der Waals surface area contributed by atoms with Crippen molar-refractivity contribution in [2.24, 2.45) is 5.92 Å². The molecule has 1 aromatic carbocycles. The Morgan fingerprint density at radius 2 is 2.29 bits per heavy atom. The van der Waals surface area contributed by atoms with Crippen molar-refractivity contribution in [3.8, 4) is 6.07 Å². The van der Waals surface area contributed by atoms with Crippen LogP contribution in [-0.4, -0.2) is 6.04 Å². The summed E-state index contributed by atoms with van der Waals surface area (Å²) < 4.78 is 0.918. The number of hydrogen-bond acceptors (Lipinski definition) is 2. The summed E-state index contributed by atoms with van der Waals surface area (Å²) in [5.41, 5.74) is 1.19. The fourth-order valence-corrected chi connectivity index (χ4v) is 2.80. The maximum absolute atomic E-state index is 9.00. The molecule has 4 heteroatoms. The summed E-state index contributed by atoms with van der Waals surface area (Å²) in [6, 6.07) is 8.64. The predicted octanol–water partition coefficient (Wildman–Crippen LogP) is 3.88. The number of nitriles is 1. The second-order valence-corrected chi connectivity index (χ2v) is 5.66. The fourth-order valence-electron chi connectivity index (χ4n) is 2.26. The van der Waals surface area contributed by atoms with E-state index in [4.69, 9.17) is 16.9 Å². The second-order valence-electron chi connectivity index (χ2n) is 4.40. The van der Waals surface area contributed by atoms with Gasteiger partial charge in [-0.25, -0.2) is 0 Å². The molecular weight excluding hydrogens is 300 g/mol. The zero-order valence-corrected chi connectivity index (χ0v) is 11.8. The minimum absolute atomic E-state index is 0.172. The van der Waals surface area contributed by atoms with Crippen LogP contribution < -0.4 is 5.32 Å². The van der Waals surface area contributed by atoms with Crippen LogP contribution in [-0.2, 0) is 6.54 Å². The van der Waals surface area contributed by atoms with Crippen molar-refractivity contribution in [1.82, 2.24) is 5.32 Å². The summed E-state index contributed by atoms with van der Waals surface area (Å²) in [5, 5.41) is 13.2. The van der Waals surface area contributed by atoms with Gasteiger partial charge < -0.3 is 5.32 Å². The van der Waals surface area contributed by atoms with Crippen molar-refractivity contribution in [3.05, 3.63) is 33.3 Å². The number of benzene rings is 1. The van der Waals surface area contributed by atoms with E-state index in [1.165, 1.54) is 5.56 Å². The summed E-state index contributed by atoms with van der Waals surface area (Å²) in [5.74, 6) is 0.172. The number of nitrogens with zero attached hydrogens (tertiary/aromatic N) is 1. The average Bonchev–Trinajstić information content (AvgIpc) is 2.78. The summed E-state index contributed by atoms with van der Waals surface area (Å²) in [4.78, 5) is 0. The van der Waals surface area contributed by atoms with Gasteiger partial charge in [-0.15, -0.1) is 0 Å². The smallest absolute Gasteiger partial charge is 0.0672 e. The van der Waals surface area contributed by atoms with E-state index in [0.717, 1.165) is 35.3 Å². The van der Waals surface area contributed by atoms with Gasteiger partial charge in [0.25, 0.3) is 0 Å². The Kier molecular flexibility index (Phi) is 4.44. The zero-order chi connectivity index (χ0) is 12.3. The molecule has 0 radical (unpaired) electrons. The van der Waals surface area contributed by atoms with Crippen LogP contribution in [0.5, 0.6) is 0 Å². The summed E-state index contributed by atoms with van der Waals surface area (Å²) >= 11 is 9.36. The van der Waals surface area contributed by atoms with E-state index in [1.54, 1.807) is 0 Å². The Bertz CT molecular complexity index is 442. The lowest BCUT2D eigenvalue weighted by atomic mass is 10.1. The fraction of sp³-hybridized carbons (Fsp3) is 0.462. The SMILES string of the molecule is N#CC1CCCC1NCc1ccc(Cl)c(Br)c1. The Morgan fingerprint density at radius 1 is 1.47 bits per heavy atom. The van der Waals surface area contributed by atoms with Crippen molar-refractivity contribution in [1.29, 1.82) is 5.26 Å². The molecule has 90 valence electrons. The summed E-state index contributed by atoms with van der Waals surface area (Å²) in [7, 11) is 0. The number of nitrogens with one attached hydrogen (secondary N) is 1. The van der Waals surface area contributed by atoms with Crippen LogP contribution in [0.3, 0.4) is 0 Å². The number of hydrogen-bond donors (Lipinski definition) is 1. The van der Waals surface area contributed by atoms with Crippen molar-refractivity contribution in [2.75, 3.05) is 0 Å². The lowest BCUT2D eigenvalue weighted by Crippen LogP contribution is -2.31. The lowest BCUT2D eigenvalue weighted by molar-refractivity contribution is 0.464. The van der Waals surface area contributed by atoms with Gasteiger partial charge in [0.1, 0.15) is 0 Å². The Morgan fingerprint density at radius 3 is 3.00 bits per heavy atom. The van der Waals surface area contributed by atoms with Crippen LogP contribution in [0.4, 0.5) is 0 Å². The number of rotatable bonds is 3. The third-order valence-electron chi connectivity index (χ3n) is 3.23. The Hall–Kier alpha value is -0.560. The van der Waals surface area contributed by atoms with Crippen molar-refractivity contribution in [3.63, 3.8) is 0 Å². The highest BCUT2D eigenvalue weighted by Gasteiger charge is 2.26. The molecular formula is C13H14BrClN2. The topological polar surface area (TPSA) is 35.8 Å². The summed E-state index contributed by atoms with van der Waals surface area (Å²) in [6.07, 6.45) is 3.28. The maximum atomic E-state index is 9.00. The minimum atomic E-state index is 0.172. The highest BCUT2D eigenvalue weighted by Crippen LogP contribution is 2.26. The maximum Gasteiger partial charge on any atom is 0.0672 e. The molecule has 0 heterocycles. The van der Waals surface area contributed by atoms with Gasteiger partial charge >= 0.3 is 0 Å². The Labute approximate surface area is 115 Å². The molecule has 0 amide bonds. The molecule has 0 bridgehead atoms. The highest BCUT2D eigenvalue weighted by atomic mass is 79.9. The van der Waals surface area contributed by atoms with Crippen LogP contribution in [0, 0.1) is 17.2 Å². The molecule has 0 aliphatic heterocycles. The van der Waals surface area contributed by atoms with Gasteiger partial charge in [-0.3, -0.25) is 0 Å². The van der Waals surface area contributed by atoms with Crippen LogP contribution in [0.15, 0.2) is 22.7 Å². The van der Waals surface area contributed by atoms with Gasteiger partial charge in [0.2, 0.25) is 0 Å².